The molecular weight excluding hydrogens is 310 g/mol. The van der Waals surface area contributed by atoms with E-state index in [-0.39, 0.29) is 5.91 Å². The second-order valence-corrected chi connectivity index (χ2v) is 5.82. The average Bonchev–Trinajstić information content (AvgIpc) is 2.60. The fraction of sp³-hybridized carbons (Fsp3) is 0.222. The van der Waals surface area contributed by atoms with Gasteiger partial charge in [-0.1, -0.05) is 29.8 Å². The summed E-state index contributed by atoms with van der Waals surface area (Å²) >= 11 is 5.93. The van der Waals surface area contributed by atoms with Gasteiger partial charge < -0.3 is 10.6 Å². The van der Waals surface area contributed by atoms with Crippen LogP contribution in [0.25, 0.3) is 5.57 Å². The molecule has 0 fully saturated rings. The van der Waals surface area contributed by atoms with Crippen molar-refractivity contribution in [3.8, 4) is 0 Å². The molecule has 1 aliphatic heterocycles. The fourth-order valence-corrected chi connectivity index (χ4v) is 2.81. The van der Waals surface area contributed by atoms with Gasteiger partial charge in [0.15, 0.2) is 0 Å². The molecule has 1 aromatic heterocycles. The summed E-state index contributed by atoms with van der Waals surface area (Å²) in [6, 6.07) is 10.8. The summed E-state index contributed by atoms with van der Waals surface area (Å²) in [5, 5.41) is 6.79. The highest BCUT2D eigenvalue weighted by atomic mass is 35.5. The van der Waals surface area contributed by atoms with Crippen molar-refractivity contribution in [1.29, 1.82) is 0 Å². The molecule has 118 valence electrons. The minimum atomic E-state index is -0.137. The number of rotatable bonds is 4. The molecule has 1 amide bonds. The van der Waals surface area contributed by atoms with Gasteiger partial charge in [0.05, 0.1) is 5.69 Å². The van der Waals surface area contributed by atoms with E-state index in [1.54, 1.807) is 30.5 Å². The monoisotopic (exact) mass is 327 g/mol. The minimum Gasteiger partial charge on any atom is -0.348 e. The molecule has 1 aliphatic rings. The van der Waals surface area contributed by atoms with Gasteiger partial charge in [0.2, 0.25) is 0 Å². The van der Waals surface area contributed by atoms with E-state index in [2.05, 4.69) is 21.7 Å². The van der Waals surface area contributed by atoms with Gasteiger partial charge in [0.1, 0.15) is 0 Å². The lowest BCUT2D eigenvalue weighted by Gasteiger charge is -2.16. The number of nitrogens with one attached hydrogen (secondary N) is 2. The van der Waals surface area contributed by atoms with Crippen LogP contribution in [0.1, 0.15) is 28.0 Å². The zero-order valence-electron chi connectivity index (χ0n) is 12.7. The summed E-state index contributed by atoms with van der Waals surface area (Å²) in [7, 11) is 0. The van der Waals surface area contributed by atoms with Crippen LogP contribution in [0, 0.1) is 0 Å². The largest absolute Gasteiger partial charge is 0.348 e. The van der Waals surface area contributed by atoms with Gasteiger partial charge in [0.25, 0.3) is 5.91 Å². The van der Waals surface area contributed by atoms with Crippen molar-refractivity contribution in [2.24, 2.45) is 0 Å². The van der Waals surface area contributed by atoms with Gasteiger partial charge in [-0.2, -0.15) is 0 Å². The molecular formula is C18H18ClN3O. The molecule has 4 nitrogen and oxygen atoms in total. The number of aromatic nitrogens is 1. The molecule has 0 spiro atoms. The number of carbonyl (C=O) groups is 1. The first-order valence-electron chi connectivity index (χ1n) is 7.62. The lowest BCUT2D eigenvalue weighted by atomic mass is 10.0. The van der Waals surface area contributed by atoms with E-state index in [0.717, 1.165) is 30.8 Å². The van der Waals surface area contributed by atoms with E-state index in [1.807, 2.05) is 12.1 Å². The third-order valence-corrected chi connectivity index (χ3v) is 4.02. The van der Waals surface area contributed by atoms with Crippen molar-refractivity contribution in [3.05, 3.63) is 70.5 Å². The molecule has 0 aliphatic carbocycles. The Morgan fingerprint density at radius 2 is 2.22 bits per heavy atom. The summed E-state index contributed by atoms with van der Waals surface area (Å²) in [6.07, 6.45) is 4.90. The maximum atomic E-state index is 12.2. The zero-order valence-corrected chi connectivity index (χ0v) is 13.4. The van der Waals surface area contributed by atoms with Crippen LogP contribution in [-0.2, 0) is 6.54 Å². The Labute approximate surface area is 140 Å². The number of pyridine rings is 1. The number of benzene rings is 1. The number of amides is 1. The molecule has 0 unspecified atom stereocenters. The van der Waals surface area contributed by atoms with Crippen LogP contribution in [0.2, 0.25) is 5.02 Å². The molecule has 23 heavy (non-hydrogen) atoms. The van der Waals surface area contributed by atoms with Crippen LogP contribution in [-0.4, -0.2) is 24.0 Å². The Bertz CT molecular complexity index is 743. The maximum absolute atomic E-state index is 12.2. The minimum absolute atomic E-state index is 0.137. The third kappa shape index (κ3) is 3.97. The van der Waals surface area contributed by atoms with Crippen molar-refractivity contribution < 1.29 is 4.79 Å². The predicted molar refractivity (Wildman–Crippen MR) is 92.3 cm³/mol. The molecule has 0 radical (unpaired) electrons. The first-order valence-corrected chi connectivity index (χ1v) is 7.99. The highest BCUT2D eigenvalue weighted by Crippen LogP contribution is 2.21. The first kappa shape index (κ1) is 15.7. The Balaban J connectivity index is 1.73. The smallest absolute Gasteiger partial charge is 0.251 e. The van der Waals surface area contributed by atoms with E-state index in [9.17, 15) is 4.79 Å². The second-order valence-electron chi connectivity index (χ2n) is 5.39. The number of hydrogen-bond acceptors (Lipinski definition) is 3. The predicted octanol–water partition coefficient (Wildman–Crippen LogP) is 3.04. The molecule has 0 atom stereocenters. The Hall–Kier alpha value is -2.17. The SMILES string of the molecule is O=C(NCc1cccnc1C1=CCNCC1)c1cccc(Cl)c1. The zero-order chi connectivity index (χ0) is 16.1. The van der Waals surface area contributed by atoms with Gasteiger partial charge >= 0.3 is 0 Å². The molecule has 2 aromatic rings. The van der Waals surface area contributed by atoms with Gasteiger partial charge in [-0.25, -0.2) is 0 Å². The van der Waals surface area contributed by atoms with Crippen molar-refractivity contribution in [2.45, 2.75) is 13.0 Å². The van der Waals surface area contributed by atoms with Crippen LogP contribution in [0.15, 0.2) is 48.7 Å². The second kappa shape index (κ2) is 7.40. The highest BCUT2D eigenvalue weighted by molar-refractivity contribution is 6.30. The summed E-state index contributed by atoms with van der Waals surface area (Å²) in [6.45, 7) is 2.26. The molecule has 0 bridgehead atoms. The van der Waals surface area contributed by atoms with E-state index >= 15 is 0 Å². The van der Waals surface area contributed by atoms with Crippen molar-refractivity contribution in [2.75, 3.05) is 13.1 Å². The van der Waals surface area contributed by atoms with Gasteiger partial charge in [-0.05, 0) is 48.4 Å². The quantitative estimate of drug-likeness (QED) is 0.907. The van der Waals surface area contributed by atoms with Gasteiger partial charge in [0, 0.05) is 29.9 Å². The Kier molecular flexibility index (Phi) is 5.05. The Morgan fingerprint density at radius 3 is 3.00 bits per heavy atom. The van der Waals surface area contributed by atoms with Crippen LogP contribution < -0.4 is 10.6 Å². The highest BCUT2D eigenvalue weighted by Gasteiger charge is 2.13. The van der Waals surface area contributed by atoms with E-state index in [1.165, 1.54) is 5.57 Å². The number of halogens is 1. The topological polar surface area (TPSA) is 54.0 Å². The lowest BCUT2D eigenvalue weighted by Crippen LogP contribution is -2.24. The Morgan fingerprint density at radius 1 is 1.30 bits per heavy atom. The molecule has 0 saturated carbocycles. The standard InChI is InChI=1S/C18H18ClN3O/c19-16-5-1-3-14(11-16)18(23)22-12-15-4-2-8-21-17(15)13-6-9-20-10-7-13/h1-6,8,11,20H,7,9-10,12H2,(H,22,23). The number of hydrogen-bond donors (Lipinski definition) is 2. The molecule has 2 N–H and O–H groups in total. The number of nitrogens with zero attached hydrogens (tertiary/aromatic N) is 1. The number of carbonyl (C=O) groups excluding carboxylic acids is 1. The summed E-state index contributed by atoms with van der Waals surface area (Å²) < 4.78 is 0. The fourth-order valence-electron chi connectivity index (χ4n) is 2.62. The van der Waals surface area contributed by atoms with Crippen molar-refractivity contribution >= 4 is 23.1 Å². The van der Waals surface area contributed by atoms with Crippen molar-refractivity contribution in [3.63, 3.8) is 0 Å². The first-order chi connectivity index (χ1) is 11.2. The molecule has 0 saturated heterocycles. The van der Waals surface area contributed by atoms with Crippen LogP contribution >= 0.6 is 11.6 Å². The van der Waals surface area contributed by atoms with Crippen LogP contribution in [0.4, 0.5) is 0 Å². The van der Waals surface area contributed by atoms with E-state index in [0.29, 0.717) is 17.1 Å². The normalized spacial score (nSPS) is 14.2. The lowest BCUT2D eigenvalue weighted by molar-refractivity contribution is 0.0951. The average molecular weight is 328 g/mol. The van der Waals surface area contributed by atoms with Gasteiger partial charge in [-0.3, -0.25) is 9.78 Å². The summed E-state index contributed by atoms with van der Waals surface area (Å²) in [5.41, 5.74) is 3.79. The van der Waals surface area contributed by atoms with Crippen molar-refractivity contribution in [1.82, 2.24) is 15.6 Å². The molecule has 3 rings (SSSR count). The van der Waals surface area contributed by atoms with E-state index in [4.69, 9.17) is 11.6 Å². The summed E-state index contributed by atoms with van der Waals surface area (Å²) in [5.74, 6) is -0.137. The third-order valence-electron chi connectivity index (χ3n) is 3.79. The maximum Gasteiger partial charge on any atom is 0.251 e. The molecule has 2 heterocycles. The van der Waals surface area contributed by atoms with Gasteiger partial charge in [-0.15, -0.1) is 0 Å². The molecule has 1 aromatic carbocycles. The van der Waals surface area contributed by atoms with E-state index < -0.39 is 0 Å². The van der Waals surface area contributed by atoms with Crippen LogP contribution in [0.5, 0.6) is 0 Å². The van der Waals surface area contributed by atoms with Crippen LogP contribution in [0.3, 0.4) is 0 Å². The summed E-state index contributed by atoms with van der Waals surface area (Å²) in [4.78, 5) is 16.7. The molecule has 5 heteroatoms.